The van der Waals surface area contributed by atoms with Crippen molar-refractivity contribution in [1.29, 1.82) is 0 Å². The van der Waals surface area contributed by atoms with E-state index >= 15 is 0 Å². The molecule has 2 N–H and O–H groups in total. The first-order valence-electron chi connectivity index (χ1n) is 7.76. The van der Waals surface area contributed by atoms with E-state index in [2.05, 4.69) is 10.6 Å². The summed E-state index contributed by atoms with van der Waals surface area (Å²) in [5.74, 6) is -1.12. The number of carbonyl (C=O) groups is 2. The van der Waals surface area contributed by atoms with Gasteiger partial charge >= 0.3 is 5.69 Å². The van der Waals surface area contributed by atoms with Crippen LogP contribution in [0.3, 0.4) is 0 Å². The summed E-state index contributed by atoms with van der Waals surface area (Å²) in [6.45, 7) is 1.58. The van der Waals surface area contributed by atoms with Crippen LogP contribution in [0, 0.1) is 10.1 Å². The van der Waals surface area contributed by atoms with Crippen molar-refractivity contribution in [3.8, 4) is 5.75 Å². The Morgan fingerprint density at radius 1 is 1.19 bits per heavy atom. The molecule has 0 atom stereocenters. The molecule has 0 fully saturated rings. The SMILES string of the molecule is CCOc1ccc(C(=O)NCC(=O)Nc2cc(Cl)ccc2Cl)cc1[N+](=O)[O-]. The number of amides is 2. The van der Waals surface area contributed by atoms with E-state index in [0.717, 1.165) is 6.07 Å². The first-order valence-corrected chi connectivity index (χ1v) is 8.51. The van der Waals surface area contributed by atoms with Crippen LogP contribution in [0.4, 0.5) is 11.4 Å². The van der Waals surface area contributed by atoms with Crippen molar-refractivity contribution < 1.29 is 19.2 Å². The lowest BCUT2D eigenvalue weighted by molar-refractivity contribution is -0.385. The number of hydrogen-bond donors (Lipinski definition) is 2. The molecule has 0 spiro atoms. The molecular weight excluding hydrogens is 397 g/mol. The van der Waals surface area contributed by atoms with Gasteiger partial charge in [0.25, 0.3) is 5.91 Å². The maximum atomic E-state index is 12.2. The number of hydrogen-bond acceptors (Lipinski definition) is 5. The average Bonchev–Trinajstić information content (AvgIpc) is 2.63. The van der Waals surface area contributed by atoms with Gasteiger partial charge in [-0.2, -0.15) is 0 Å². The normalized spacial score (nSPS) is 10.2. The molecule has 27 heavy (non-hydrogen) atoms. The topological polar surface area (TPSA) is 111 Å². The van der Waals surface area contributed by atoms with Crippen LogP contribution in [0.15, 0.2) is 36.4 Å². The number of halogens is 2. The fourth-order valence-electron chi connectivity index (χ4n) is 2.13. The van der Waals surface area contributed by atoms with Gasteiger partial charge in [0.15, 0.2) is 5.75 Å². The van der Waals surface area contributed by atoms with Gasteiger partial charge in [0.2, 0.25) is 5.91 Å². The molecule has 10 heteroatoms. The van der Waals surface area contributed by atoms with Crippen molar-refractivity contribution in [2.45, 2.75) is 6.92 Å². The van der Waals surface area contributed by atoms with Crippen molar-refractivity contribution in [1.82, 2.24) is 5.32 Å². The molecule has 0 saturated heterocycles. The van der Waals surface area contributed by atoms with Crippen LogP contribution in [0.1, 0.15) is 17.3 Å². The highest BCUT2D eigenvalue weighted by Gasteiger charge is 2.19. The maximum absolute atomic E-state index is 12.2. The van der Waals surface area contributed by atoms with E-state index in [1.54, 1.807) is 13.0 Å². The monoisotopic (exact) mass is 411 g/mol. The van der Waals surface area contributed by atoms with Gasteiger partial charge in [-0.1, -0.05) is 23.2 Å². The van der Waals surface area contributed by atoms with Gasteiger partial charge in [0.05, 0.1) is 28.8 Å². The Kier molecular flexibility index (Phi) is 6.98. The van der Waals surface area contributed by atoms with Crippen LogP contribution >= 0.6 is 23.2 Å². The summed E-state index contributed by atoms with van der Waals surface area (Å²) in [6.07, 6.45) is 0. The number of nitro groups is 1. The number of anilines is 1. The van der Waals surface area contributed by atoms with Gasteiger partial charge in [0, 0.05) is 16.7 Å². The molecule has 0 heterocycles. The number of nitrogens with one attached hydrogen (secondary N) is 2. The molecule has 8 nitrogen and oxygen atoms in total. The molecule has 0 aromatic heterocycles. The minimum atomic E-state index is -0.645. The number of carbonyl (C=O) groups excluding carboxylic acids is 2. The number of benzene rings is 2. The quantitative estimate of drug-likeness (QED) is 0.533. The van der Waals surface area contributed by atoms with E-state index in [-0.39, 0.29) is 30.2 Å². The number of ether oxygens (including phenoxy) is 1. The van der Waals surface area contributed by atoms with Crippen LogP contribution in [0.5, 0.6) is 5.75 Å². The third kappa shape index (κ3) is 5.57. The molecule has 0 aliphatic heterocycles. The third-order valence-electron chi connectivity index (χ3n) is 3.33. The van der Waals surface area contributed by atoms with Crippen molar-refractivity contribution >= 4 is 46.4 Å². The zero-order valence-electron chi connectivity index (χ0n) is 14.1. The molecule has 2 amide bonds. The van der Waals surface area contributed by atoms with Crippen LogP contribution in [-0.4, -0.2) is 29.9 Å². The van der Waals surface area contributed by atoms with Crippen LogP contribution in [0.25, 0.3) is 0 Å². The van der Waals surface area contributed by atoms with Gasteiger partial charge in [-0.25, -0.2) is 0 Å². The fraction of sp³-hybridized carbons (Fsp3) is 0.176. The van der Waals surface area contributed by atoms with Gasteiger partial charge in [-0.3, -0.25) is 19.7 Å². The Bertz CT molecular complexity index is 889. The first kappa shape index (κ1) is 20.5. The second-order valence-electron chi connectivity index (χ2n) is 5.23. The lowest BCUT2D eigenvalue weighted by Crippen LogP contribution is -2.32. The number of nitro benzene ring substituents is 1. The second kappa shape index (κ2) is 9.20. The van der Waals surface area contributed by atoms with Crippen LogP contribution in [-0.2, 0) is 4.79 Å². The number of nitrogens with zero attached hydrogens (tertiary/aromatic N) is 1. The fourth-order valence-corrected chi connectivity index (χ4v) is 2.47. The maximum Gasteiger partial charge on any atom is 0.311 e. The molecule has 0 aliphatic rings. The summed E-state index contributed by atoms with van der Waals surface area (Å²) in [5.41, 5.74) is -0.00137. The summed E-state index contributed by atoms with van der Waals surface area (Å²) in [4.78, 5) is 34.6. The van der Waals surface area contributed by atoms with Gasteiger partial charge in [0.1, 0.15) is 0 Å². The zero-order valence-corrected chi connectivity index (χ0v) is 15.6. The average molecular weight is 412 g/mol. The zero-order chi connectivity index (χ0) is 20.0. The van der Waals surface area contributed by atoms with Gasteiger partial charge in [-0.05, 0) is 37.3 Å². The Balaban J connectivity index is 2.02. The Labute approximate surface area is 164 Å². The third-order valence-corrected chi connectivity index (χ3v) is 3.89. The van der Waals surface area contributed by atoms with Crippen LogP contribution < -0.4 is 15.4 Å². The minimum Gasteiger partial charge on any atom is -0.487 e. The molecule has 142 valence electrons. The molecule has 2 aromatic carbocycles. The number of rotatable bonds is 7. The summed E-state index contributed by atoms with van der Waals surface area (Å²) in [5, 5.41) is 16.7. The molecular formula is C17H15Cl2N3O5. The molecule has 0 radical (unpaired) electrons. The van der Waals surface area contributed by atoms with Crippen molar-refractivity contribution in [3.05, 3.63) is 62.1 Å². The molecule has 2 rings (SSSR count). The van der Waals surface area contributed by atoms with Crippen molar-refractivity contribution in [3.63, 3.8) is 0 Å². The largest absolute Gasteiger partial charge is 0.487 e. The van der Waals surface area contributed by atoms with E-state index < -0.39 is 16.7 Å². The minimum absolute atomic E-state index is 0.0266. The Morgan fingerprint density at radius 2 is 1.93 bits per heavy atom. The summed E-state index contributed by atoms with van der Waals surface area (Å²) in [6, 6.07) is 8.37. The molecule has 0 saturated carbocycles. The highest BCUT2D eigenvalue weighted by Crippen LogP contribution is 2.28. The van der Waals surface area contributed by atoms with E-state index in [1.807, 2.05) is 0 Å². The first-order chi connectivity index (χ1) is 12.8. The lowest BCUT2D eigenvalue weighted by Gasteiger charge is -2.09. The van der Waals surface area contributed by atoms with E-state index in [9.17, 15) is 19.7 Å². The van der Waals surface area contributed by atoms with E-state index in [0.29, 0.717) is 15.7 Å². The van der Waals surface area contributed by atoms with E-state index in [4.69, 9.17) is 27.9 Å². The van der Waals surface area contributed by atoms with Gasteiger partial charge < -0.3 is 15.4 Å². The highest BCUT2D eigenvalue weighted by molar-refractivity contribution is 6.35. The standard InChI is InChI=1S/C17H15Cl2N3O5/c1-2-27-15-6-3-10(7-14(15)22(25)26)17(24)20-9-16(23)21-13-8-11(18)4-5-12(13)19/h3-8H,2,9H2,1H3,(H,20,24)(H,21,23). The summed E-state index contributed by atoms with van der Waals surface area (Å²) in [7, 11) is 0. The summed E-state index contributed by atoms with van der Waals surface area (Å²) >= 11 is 11.8. The van der Waals surface area contributed by atoms with Crippen LogP contribution in [0.2, 0.25) is 10.0 Å². The van der Waals surface area contributed by atoms with E-state index in [1.165, 1.54) is 24.3 Å². The Hall–Kier alpha value is -2.84. The molecule has 0 aliphatic carbocycles. The lowest BCUT2D eigenvalue weighted by atomic mass is 10.1. The predicted octanol–water partition coefficient (Wildman–Crippen LogP) is 3.67. The second-order valence-corrected chi connectivity index (χ2v) is 6.07. The highest BCUT2D eigenvalue weighted by atomic mass is 35.5. The Morgan fingerprint density at radius 3 is 2.59 bits per heavy atom. The molecule has 0 unspecified atom stereocenters. The van der Waals surface area contributed by atoms with Gasteiger partial charge in [-0.15, -0.1) is 0 Å². The summed E-state index contributed by atoms with van der Waals surface area (Å²) < 4.78 is 5.16. The predicted molar refractivity (Wildman–Crippen MR) is 102 cm³/mol. The molecule has 0 bridgehead atoms. The molecule has 2 aromatic rings. The van der Waals surface area contributed by atoms with Crippen molar-refractivity contribution in [2.75, 3.05) is 18.5 Å². The van der Waals surface area contributed by atoms with Crippen molar-refractivity contribution in [2.24, 2.45) is 0 Å². The smallest absolute Gasteiger partial charge is 0.311 e.